The van der Waals surface area contributed by atoms with E-state index in [-0.39, 0.29) is 15.6 Å². The standard InChI is InChI=1S/C34H20F6N2Si/c35-25-9-26(36)13-32(12-25)43(33-14-27(37)10-28(38)15-33,34-16-29(39)11-30(40)17-34)31-6-4-21(5-7-31)22-2-1-3-23(8-22)24-18-41-20-42-19-24/h1-20H. The number of hydrogen-bond donors (Lipinski definition) is 0. The van der Waals surface area contributed by atoms with Crippen LogP contribution in [0.5, 0.6) is 0 Å². The van der Waals surface area contributed by atoms with E-state index in [2.05, 4.69) is 9.97 Å². The monoisotopic (exact) mass is 598 g/mol. The number of benzene rings is 5. The third-order valence-electron chi connectivity index (χ3n) is 7.29. The van der Waals surface area contributed by atoms with Crippen molar-refractivity contribution in [2.45, 2.75) is 0 Å². The predicted molar refractivity (Wildman–Crippen MR) is 156 cm³/mol. The van der Waals surface area contributed by atoms with Gasteiger partial charge in [0.15, 0.2) is 8.07 Å². The van der Waals surface area contributed by atoms with E-state index < -0.39 is 43.0 Å². The lowest BCUT2D eigenvalue weighted by molar-refractivity contribution is 0.585. The number of halogens is 6. The fourth-order valence-electron chi connectivity index (χ4n) is 5.55. The number of nitrogens with zero attached hydrogens (tertiary/aromatic N) is 2. The van der Waals surface area contributed by atoms with Crippen LogP contribution < -0.4 is 20.7 Å². The van der Waals surface area contributed by atoms with E-state index in [1.807, 2.05) is 24.3 Å². The van der Waals surface area contributed by atoms with Gasteiger partial charge in [-0.05, 0) is 79.9 Å². The summed E-state index contributed by atoms with van der Waals surface area (Å²) in [5.74, 6) is -5.67. The highest BCUT2D eigenvalue weighted by molar-refractivity contribution is 7.19. The molecule has 0 aliphatic carbocycles. The molecule has 9 heteroatoms. The molecule has 0 amide bonds. The van der Waals surface area contributed by atoms with Crippen molar-refractivity contribution in [1.29, 1.82) is 0 Å². The molecule has 0 N–H and O–H groups in total. The van der Waals surface area contributed by atoms with Crippen LogP contribution in [0.1, 0.15) is 0 Å². The molecule has 1 heterocycles. The SMILES string of the molecule is Fc1cc(F)cc([Si](c2ccc(-c3cccc(-c4cncnc4)c3)cc2)(c2cc(F)cc(F)c2)c2cc(F)cc(F)c2)c1. The number of rotatable bonds is 6. The highest BCUT2D eigenvalue weighted by Gasteiger charge is 2.43. The van der Waals surface area contributed by atoms with Crippen LogP contribution in [0.4, 0.5) is 26.3 Å². The average Bonchev–Trinajstić information content (AvgIpc) is 2.97. The second-order valence-electron chi connectivity index (χ2n) is 10.0. The summed E-state index contributed by atoms with van der Waals surface area (Å²) in [7, 11) is -4.13. The Kier molecular flexibility index (Phi) is 7.41. The van der Waals surface area contributed by atoms with Gasteiger partial charge in [-0.15, -0.1) is 0 Å². The Labute approximate surface area is 244 Å². The molecule has 1 aromatic heterocycles. The third kappa shape index (κ3) is 5.47. The molecule has 0 atom stereocenters. The maximum absolute atomic E-state index is 14.8. The summed E-state index contributed by atoms with van der Waals surface area (Å²) in [6, 6.07) is 22.7. The van der Waals surface area contributed by atoms with Crippen LogP contribution >= 0.6 is 0 Å². The molecule has 0 radical (unpaired) electrons. The minimum atomic E-state index is -4.13. The molecular formula is C34H20F6N2Si. The lowest BCUT2D eigenvalue weighted by Gasteiger charge is -2.34. The maximum atomic E-state index is 14.8. The fourth-order valence-corrected chi connectivity index (χ4v) is 10.3. The summed E-state index contributed by atoms with van der Waals surface area (Å²) in [5, 5.41) is 0.431. The summed E-state index contributed by atoms with van der Waals surface area (Å²) < 4.78 is 88.6. The first-order valence-electron chi connectivity index (χ1n) is 13.1. The normalized spacial score (nSPS) is 11.5. The zero-order chi connectivity index (χ0) is 30.1. The van der Waals surface area contributed by atoms with Gasteiger partial charge in [-0.25, -0.2) is 36.3 Å². The molecule has 0 saturated carbocycles. The van der Waals surface area contributed by atoms with Gasteiger partial charge in [0, 0.05) is 36.2 Å². The van der Waals surface area contributed by atoms with Gasteiger partial charge in [-0.2, -0.15) is 0 Å². The number of hydrogen-bond acceptors (Lipinski definition) is 2. The smallest absolute Gasteiger partial charge is 0.180 e. The van der Waals surface area contributed by atoms with Gasteiger partial charge in [-0.1, -0.05) is 42.5 Å². The van der Waals surface area contributed by atoms with E-state index in [0.29, 0.717) is 23.4 Å². The first-order valence-corrected chi connectivity index (χ1v) is 15.1. The van der Waals surface area contributed by atoms with Crippen molar-refractivity contribution in [3.8, 4) is 22.3 Å². The average molecular weight is 599 g/mol. The van der Waals surface area contributed by atoms with Crippen LogP contribution in [0.15, 0.2) is 122 Å². The van der Waals surface area contributed by atoms with E-state index >= 15 is 0 Å². The predicted octanol–water partition coefficient (Wildman–Crippen LogP) is 6.02. The van der Waals surface area contributed by atoms with Gasteiger partial charge >= 0.3 is 0 Å². The van der Waals surface area contributed by atoms with Gasteiger partial charge in [0.1, 0.15) is 41.2 Å². The molecule has 212 valence electrons. The van der Waals surface area contributed by atoms with Crippen LogP contribution in [-0.2, 0) is 0 Å². The van der Waals surface area contributed by atoms with Crippen molar-refractivity contribution in [3.63, 3.8) is 0 Å². The first-order chi connectivity index (χ1) is 20.7. The molecule has 5 aromatic carbocycles. The lowest BCUT2D eigenvalue weighted by Crippen LogP contribution is -2.75. The van der Waals surface area contributed by atoms with E-state index in [1.165, 1.54) is 6.33 Å². The number of aromatic nitrogens is 2. The fraction of sp³-hybridized carbons (Fsp3) is 0. The lowest BCUT2D eigenvalue weighted by atomic mass is 10.0. The molecule has 0 aliphatic rings. The highest BCUT2D eigenvalue weighted by Crippen LogP contribution is 2.26. The van der Waals surface area contributed by atoms with E-state index in [0.717, 1.165) is 58.7 Å². The van der Waals surface area contributed by atoms with Gasteiger partial charge < -0.3 is 0 Å². The second-order valence-corrected chi connectivity index (χ2v) is 13.8. The zero-order valence-corrected chi connectivity index (χ0v) is 23.2. The van der Waals surface area contributed by atoms with Gasteiger partial charge in [-0.3, -0.25) is 0 Å². The minimum Gasteiger partial charge on any atom is -0.244 e. The highest BCUT2D eigenvalue weighted by atomic mass is 28.3. The Morgan fingerprint density at radius 1 is 0.372 bits per heavy atom. The summed E-state index contributed by atoms with van der Waals surface area (Å²) >= 11 is 0. The zero-order valence-electron chi connectivity index (χ0n) is 22.2. The molecule has 0 spiro atoms. The Balaban J connectivity index is 1.61. The van der Waals surface area contributed by atoms with Crippen molar-refractivity contribution >= 4 is 28.8 Å². The van der Waals surface area contributed by atoms with E-state index in [4.69, 9.17) is 0 Å². The van der Waals surface area contributed by atoms with Crippen molar-refractivity contribution in [2.75, 3.05) is 0 Å². The molecule has 0 unspecified atom stereocenters. The van der Waals surface area contributed by atoms with Gasteiger partial charge in [0.05, 0.1) is 0 Å². The minimum absolute atomic E-state index is 0.0128. The molecule has 0 fully saturated rings. The van der Waals surface area contributed by atoms with Crippen LogP contribution in [0, 0.1) is 34.9 Å². The topological polar surface area (TPSA) is 25.8 Å². The molecule has 2 nitrogen and oxygen atoms in total. The van der Waals surface area contributed by atoms with Crippen molar-refractivity contribution in [3.05, 3.63) is 157 Å². The summed E-state index contributed by atoms with van der Waals surface area (Å²) in [5.41, 5.74) is 3.26. The molecular weight excluding hydrogens is 578 g/mol. The summed E-state index contributed by atoms with van der Waals surface area (Å²) in [6.07, 6.45) is 4.80. The Hall–Kier alpha value is -5.02. The third-order valence-corrected chi connectivity index (χ3v) is 12.0. The summed E-state index contributed by atoms with van der Waals surface area (Å²) in [4.78, 5) is 8.12. The quantitative estimate of drug-likeness (QED) is 0.133. The molecule has 0 saturated heterocycles. The maximum Gasteiger partial charge on any atom is 0.180 e. The molecule has 0 aliphatic heterocycles. The van der Waals surface area contributed by atoms with Crippen molar-refractivity contribution in [1.82, 2.24) is 9.97 Å². The van der Waals surface area contributed by atoms with Crippen molar-refractivity contribution < 1.29 is 26.3 Å². The van der Waals surface area contributed by atoms with Crippen molar-refractivity contribution in [2.24, 2.45) is 0 Å². The molecule has 43 heavy (non-hydrogen) atoms. The van der Waals surface area contributed by atoms with Gasteiger partial charge in [0.2, 0.25) is 0 Å². The van der Waals surface area contributed by atoms with E-state index in [1.54, 1.807) is 36.7 Å². The Bertz CT molecular complexity index is 1760. The summed E-state index contributed by atoms with van der Waals surface area (Å²) in [6.45, 7) is 0. The van der Waals surface area contributed by atoms with Crippen LogP contribution in [0.25, 0.3) is 22.3 Å². The van der Waals surface area contributed by atoms with Crippen LogP contribution in [0.3, 0.4) is 0 Å². The van der Waals surface area contributed by atoms with E-state index in [9.17, 15) is 26.3 Å². The first kappa shape index (κ1) is 28.1. The van der Waals surface area contributed by atoms with Crippen LogP contribution in [0.2, 0.25) is 0 Å². The Morgan fingerprint density at radius 3 is 1.19 bits per heavy atom. The Morgan fingerprint density at radius 2 is 0.767 bits per heavy atom. The van der Waals surface area contributed by atoms with Gasteiger partial charge in [0.25, 0.3) is 0 Å². The second kappa shape index (κ2) is 11.3. The molecule has 0 bridgehead atoms. The molecule has 6 rings (SSSR count). The molecule has 6 aromatic rings. The largest absolute Gasteiger partial charge is 0.244 e. The van der Waals surface area contributed by atoms with Crippen LogP contribution in [-0.4, -0.2) is 18.0 Å².